The fraction of sp³-hybridized carbons (Fsp3) is 0.625. The van der Waals surface area contributed by atoms with Crippen LogP contribution >= 0.6 is 23.1 Å². The van der Waals surface area contributed by atoms with Gasteiger partial charge in [-0.2, -0.15) is 0 Å². The maximum atomic E-state index is 4.37. The molecule has 0 amide bonds. The number of nitrogens with zero attached hydrogens (tertiary/aromatic N) is 1. The quantitative estimate of drug-likeness (QED) is 0.757. The first-order chi connectivity index (χ1) is 5.72. The number of thioether (sulfide) groups is 1. The zero-order valence-electron chi connectivity index (χ0n) is 7.63. The maximum absolute atomic E-state index is 4.37. The number of aryl methyl sites for hydroxylation is 1. The van der Waals surface area contributed by atoms with E-state index in [2.05, 4.69) is 22.6 Å². The number of aromatic nitrogens is 1. The SMILES string of the molecule is CNC(C)CSc1nc(C)cs1. The van der Waals surface area contributed by atoms with Crippen molar-refractivity contribution in [2.45, 2.75) is 24.2 Å². The van der Waals surface area contributed by atoms with Crippen molar-refractivity contribution in [3.63, 3.8) is 0 Å². The Balaban J connectivity index is 2.33. The zero-order valence-corrected chi connectivity index (χ0v) is 9.26. The summed E-state index contributed by atoms with van der Waals surface area (Å²) in [7, 11) is 1.98. The van der Waals surface area contributed by atoms with Crippen molar-refractivity contribution < 1.29 is 0 Å². The fourth-order valence-electron chi connectivity index (χ4n) is 0.678. The van der Waals surface area contributed by atoms with E-state index in [9.17, 15) is 0 Å². The average Bonchev–Trinajstić information content (AvgIpc) is 2.47. The van der Waals surface area contributed by atoms with E-state index in [1.165, 1.54) is 4.34 Å². The van der Waals surface area contributed by atoms with Crippen molar-refractivity contribution in [3.05, 3.63) is 11.1 Å². The molecular formula is C8H14N2S2. The van der Waals surface area contributed by atoms with Crippen LogP contribution in [0.3, 0.4) is 0 Å². The number of rotatable bonds is 4. The van der Waals surface area contributed by atoms with Gasteiger partial charge in [0, 0.05) is 22.9 Å². The number of hydrogen-bond donors (Lipinski definition) is 1. The lowest BCUT2D eigenvalue weighted by atomic mass is 10.4. The van der Waals surface area contributed by atoms with E-state index in [-0.39, 0.29) is 0 Å². The topological polar surface area (TPSA) is 24.9 Å². The Kier molecular flexibility index (Phi) is 4.05. The second-order valence-electron chi connectivity index (χ2n) is 2.76. The summed E-state index contributed by atoms with van der Waals surface area (Å²) in [6.07, 6.45) is 0. The summed E-state index contributed by atoms with van der Waals surface area (Å²) >= 11 is 3.54. The number of hydrogen-bond acceptors (Lipinski definition) is 4. The molecule has 1 aromatic heterocycles. The Labute approximate surface area is 81.8 Å². The highest BCUT2D eigenvalue weighted by atomic mass is 32.2. The molecule has 0 aliphatic heterocycles. The van der Waals surface area contributed by atoms with Gasteiger partial charge < -0.3 is 5.32 Å². The second kappa shape index (κ2) is 4.84. The Bertz CT molecular complexity index is 235. The lowest BCUT2D eigenvalue weighted by molar-refractivity contribution is 0.677. The van der Waals surface area contributed by atoms with E-state index in [1.807, 2.05) is 25.7 Å². The molecule has 0 spiro atoms. The fourth-order valence-corrected chi connectivity index (χ4v) is 2.59. The molecule has 0 saturated heterocycles. The smallest absolute Gasteiger partial charge is 0.150 e. The monoisotopic (exact) mass is 202 g/mol. The summed E-state index contributed by atoms with van der Waals surface area (Å²) in [6.45, 7) is 4.20. The van der Waals surface area contributed by atoms with E-state index in [1.54, 1.807) is 11.3 Å². The minimum absolute atomic E-state index is 0.555. The molecule has 0 saturated carbocycles. The summed E-state index contributed by atoms with van der Waals surface area (Å²) in [6, 6.07) is 0.555. The highest BCUT2D eigenvalue weighted by Crippen LogP contribution is 2.22. The van der Waals surface area contributed by atoms with Gasteiger partial charge in [-0.3, -0.25) is 0 Å². The van der Waals surface area contributed by atoms with Crippen LogP contribution in [0.4, 0.5) is 0 Å². The molecular weight excluding hydrogens is 188 g/mol. The van der Waals surface area contributed by atoms with Crippen LogP contribution in [-0.4, -0.2) is 23.8 Å². The van der Waals surface area contributed by atoms with Gasteiger partial charge in [0.15, 0.2) is 0 Å². The van der Waals surface area contributed by atoms with Crippen molar-refractivity contribution in [3.8, 4) is 0 Å². The molecule has 0 aromatic carbocycles. The predicted octanol–water partition coefficient (Wildman–Crippen LogP) is 2.15. The van der Waals surface area contributed by atoms with Gasteiger partial charge in [-0.15, -0.1) is 11.3 Å². The van der Waals surface area contributed by atoms with Crippen LogP contribution in [0, 0.1) is 6.92 Å². The van der Waals surface area contributed by atoms with Crippen molar-refractivity contribution in [1.29, 1.82) is 0 Å². The standard InChI is InChI=1S/C8H14N2S2/c1-6(9-3)4-11-8-10-7(2)5-12-8/h5-6,9H,4H2,1-3H3. The normalized spacial score (nSPS) is 13.2. The molecule has 1 heterocycles. The molecule has 68 valence electrons. The first kappa shape index (κ1) is 10.0. The molecule has 1 unspecified atom stereocenters. The van der Waals surface area contributed by atoms with Crippen LogP contribution < -0.4 is 5.32 Å². The van der Waals surface area contributed by atoms with Crippen molar-refractivity contribution >= 4 is 23.1 Å². The van der Waals surface area contributed by atoms with Gasteiger partial charge in [-0.25, -0.2) is 4.98 Å². The van der Waals surface area contributed by atoms with Gasteiger partial charge >= 0.3 is 0 Å². The molecule has 0 aliphatic rings. The molecule has 0 aliphatic carbocycles. The molecule has 0 fully saturated rings. The molecule has 0 bridgehead atoms. The first-order valence-electron chi connectivity index (χ1n) is 3.94. The van der Waals surface area contributed by atoms with Crippen molar-refractivity contribution in [1.82, 2.24) is 10.3 Å². The van der Waals surface area contributed by atoms with Crippen molar-refractivity contribution in [2.75, 3.05) is 12.8 Å². The Morgan fingerprint density at radius 3 is 3.00 bits per heavy atom. The first-order valence-corrected chi connectivity index (χ1v) is 5.81. The summed E-state index contributed by atoms with van der Waals surface area (Å²) in [4.78, 5) is 4.37. The van der Waals surface area contributed by atoms with Crippen LogP contribution in [0.1, 0.15) is 12.6 Å². The Morgan fingerprint density at radius 2 is 2.50 bits per heavy atom. The average molecular weight is 202 g/mol. The lowest BCUT2D eigenvalue weighted by Crippen LogP contribution is -2.23. The third-order valence-corrected chi connectivity index (χ3v) is 3.95. The number of thiazole rings is 1. The molecule has 1 atom stereocenters. The Morgan fingerprint density at radius 1 is 1.75 bits per heavy atom. The Hall–Kier alpha value is -0.0600. The zero-order chi connectivity index (χ0) is 8.97. The largest absolute Gasteiger partial charge is 0.316 e. The molecule has 2 nitrogen and oxygen atoms in total. The van der Waals surface area contributed by atoms with E-state index < -0.39 is 0 Å². The van der Waals surface area contributed by atoms with Gasteiger partial charge in [0.05, 0.1) is 0 Å². The van der Waals surface area contributed by atoms with Gasteiger partial charge in [-0.05, 0) is 20.9 Å². The third kappa shape index (κ3) is 3.13. The molecule has 0 radical (unpaired) electrons. The van der Waals surface area contributed by atoms with E-state index >= 15 is 0 Å². The highest BCUT2D eigenvalue weighted by Gasteiger charge is 2.02. The highest BCUT2D eigenvalue weighted by molar-refractivity contribution is 8.01. The molecule has 12 heavy (non-hydrogen) atoms. The van der Waals surface area contributed by atoms with Gasteiger partial charge in [0.25, 0.3) is 0 Å². The number of nitrogens with one attached hydrogen (secondary N) is 1. The van der Waals surface area contributed by atoms with Gasteiger partial charge in [0.1, 0.15) is 4.34 Å². The maximum Gasteiger partial charge on any atom is 0.150 e. The van der Waals surface area contributed by atoms with E-state index in [4.69, 9.17) is 0 Å². The molecule has 4 heteroatoms. The molecule has 1 N–H and O–H groups in total. The molecule has 1 aromatic rings. The minimum atomic E-state index is 0.555. The molecule has 1 rings (SSSR count). The summed E-state index contributed by atoms with van der Waals surface area (Å²) in [5, 5.41) is 5.29. The predicted molar refractivity (Wildman–Crippen MR) is 56.1 cm³/mol. The summed E-state index contributed by atoms with van der Waals surface area (Å²) in [5.41, 5.74) is 1.12. The minimum Gasteiger partial charge on any atom is -0.316 e. The van der Waals surface area contributed by atoms with E-state index in [0.29, 0.717) is 6.04 Å². The summed E-state index contributed by atoms with van der Waals surface area (Å²) in [5.74, 6) is 1.09. The second-order valence-corrected chi connectivity index (χ2v) is 4.88. The summed E-state index contributed by atoms with van der Waals surface area (Å²) < 4.78 is 1.18. The van der Waals surface area contributed by atoms with Crippen LogP contribution in [0.15, 0.2) is 9.72 Å². The van der Waals surface area contributed by atoms with Crippen LogP contribution in [0.25, 0.3) is 0 Å². The van der Waals surface area contributed by atoms with Gasteiger partial charge in [0.2, 0.25) is 0 Å². The van der Waals surface area contributed by atoms with Crippen LogP contribution in [-0.2, 0) is 0 Å². The lowest BCUT2D eigenvalue weighted by Gasteiger charge is -2.06. The van der Waals surface area contributed by atoms with Gasteiger partial charge in [-0.1, -0.05) is 11.8 Å². The third-order valence-electron chi connectivity index (χ3n) is 1.55. The van der Waals surface area contributed by atoms with E-state index in [0.717, 1.165) is 11.4 Å². The van der Waals surface area contributed by atoms with Crippen molar-refractivity contribution in [2.24, 2.45) is 0 Å². The van der Waals surface area contributed by atoms with Crippen LogP contribution in [0.5, 0.6) is 0 Å². The van der Waals surface area contributed by atoms with Crippen LogP contribution in [0.2, 0.25) is 0 Å².